The second kappa shape index (κ2) is 36.9. The lowest BCUT2D eigenvalue weighted by atomic mass is 9.93. The molecule has 2 bridgehead atoms. The largest absolute Gasteiger partial charge is 0.445 e. The Hall–Kier alpha value is -10.0. The lowest BCUT2D eigenvalue weighted by molar-refractivity contribution is -0.144. The van der Waals surface area contributed by atoms with E-state index in [0.717, 1.165) is 9.80 Å². The molecule has 101 heavy (non-hydrogen) atoms. The van der Waals surface area contributed by atoms with E-state index < -0.39 is 218 Å². The Balaban J connectivity index is 1.28. The number of urea groups is 1. The molecule has 3 aliphatic rings. The summed E-state index contributed by atoms with van der Waals surface area (Å²) in [6.45, 7) is 4.67. The number of aliphatic hydroxyl groups is 3. The van der Waals surface area contributed by atoms with Gasteiger partial charge in [-0.1, -0.05) is 53.2 Å². The van der Waals surface area contributed by atoms with E-state index in [4.69, 9.17) is 26.7 Å². The molecule has 6 rings (SSSR count). The van der Waals surface area contributed by atoms with Gasteiger partial charge in [0.1, 0.15) is 59.7 Å². The topological polar surface area (TPSA) is 559 Å². The minimum Gasteiger partial charge on any atom is -0.445 e. The number of ether oxygens (including phenoxy) is 2. The van der Waals surface area contributed by atoms with Crippen molar-refractivity contribution in [1.29, 1.82) is 0 Å². The van der Waals surface area contributed by atoms with Crippen molar-refractivity contribution in [3.8, 4) is 5.75 Å². The number of nitrogens with zero attached hydrogens (tertiary/aromatic N) is 3. The predicted molar refractivity (Wildman–Crippen MR) is 359 cm³/mol. The molecule has 3 aromatic rings. The summed E-state index contributed by atoms with van der Waals surface area (Å²) in [7, 11) is 0.237. The van der Waals surface area contributed by atoms with Crippen LogP contribution in [0.15, 0.2) is 47.5 Å². The second-order valence-electron chi connectivity index (χ2n) is 25.3. The number of fused-ring (bicyclic) bond motifs is 5. The van der Waals surface area contributed by atoms with Gasteiger partial charge in [-0.3, -0.25) is 56.9 Å². The standard InChI is InChI=1S/C63H91N17O20S/c1-8-31(4)50-57(92)69-24-47(85)71-43-29-101(98)59-38(22-41(52(87)68-25-48(86)76-50)73-58(93)51(32(5)45(83)27-81)77-55(90)44-20-35(82)26-80(44)60(94)42(23-46(64)84)74-54(43)89)37-16-15-36(21-40(37)75-59)100-63(97)79(7)19-18-78(6)62(96)99-28-33-11-13-34(14-12-33)70-53(88)39(10-9-17-67-61(66)95)72-56(91)49(65)30(2)3/h11-16,21,30-32,35,39,41-45,49-51,75,81-83H,8-10,17-20,22-29,65H2,1-7H3,(H2,64,84)(H,68,87)(H,69,92)(H,70,88)(H,71,85)(H,72,91)(H,73,93)(H,74,89)(H,76,86)(H,77,90)(H3,66,67,95)/t31-,32-,35+,39-,41+,42-,43-,44-,45-,49-,50-,51-,101?/m0/s1. The first kappa shape index (κ1) is 79.9. The first-order valence-electron chi connectivity index (χ1n) is 32.6. The molecule has 554 valence electrons. The molecule has 1 unspecified atom stereocenters. The van der Waals surface area contributed by atoms with Crippen LogP contribution in [0.2, 0.25) is 0 Å². The van der Waals surface area contributed by atoms with Gasteiger partial charge in [-0.2, -0.15) is 0 Å². The van der Waals surface area contributed by atoms with Crippen LogP contribution in [0.5, 0.6) is 5.75 Å². The number of nitrogens with two attached hydrogens (primary N) is 3. The fourth-order valence-electron chi connectivity index (χ4n) is 10.9. The highest BCUT2D eigenvalue weighted by Crippen LogP contribution is 2.31. The predicted octanol–water partition coefficient (Wildman–Crippen LogP) is -5.07. The maximum Gasteiger partial charge on any atom is 0.415 e. The van der Waals surface area contributed by atoms with E-state index in [0.29, 0.717) is 24.1 Å². The molecule has 2 aromatic carbocycles. The fourth-order valence-corrected chi connectivity index (χ4v) is 12.3. The summed E-state index contributed by atoms with van der Waals surface area (Å²) in [6, 6.07) is -2.88. The molecule has 0 spiro atoms. The van der Waals surface area contributed by atoms with Gasteiger partial charge in [-0.25, -0.2) is 14.4 Å². The third kappa shape index (κ3) is 22.5. The van der Waals surface area contributed by atoms with Crippen molar-refractivity contribution in [3.63, 3.8) is 0 Å². The highest BCUT2D eigenvalue weighted by molar-refractivity contribution is 7.85. The van der Waals surface area contributed by atoms with E-state index in [1.54, 1.807) is 52.0 Å². The summed E-state index contributed by atoms with van der Waals surface area (Å²) in [5, 5.41) is 56.7. The molecule has 0 radical (unpaired) electrons. The maximum atomic E-state index is 15.2. The lowest BCUT2D eigenvalue weighted by Gasteiger charge is -2.32. The summed E-state index contributed by atoms with van der Waals surface area (Å²) in [5.41, 5.74) is 17.6. The van der Waals surface area contributed by atoms with Gasteiger partial charge < -0.3 is 115 Å². The number of anilines is 1. The Morgan fingerprint density at radius 3 is 2.07 bits per heavy atom. The highest BCUT2D eigenvalue weighted by Gasteiger charge is 2.45. The zero-order chi connectivity index (χ0) is 74.7. The molecule has 37 nitrogen and oxygen atoms in total. The molecule has 20 N–H and O–H groups in total. The zero-order valence-corrected chi connectivity index (χ0v) is 57.7. The van der Waals surface area contributed by atoms with E-state index in [9.17, 15) is 82.4 Å². The number of benzene rings is 2. The van der Waals surface area contributed by atoms with Crippen molar-refractivity contribution >= 4 is 111 Å². The first-order valence-corrected chi connectivity index (χ1v) is 34.0. The monoisotopic (exact) mass is 1440 g/mol. The number of amides is 15. The van der Waals surface area contributed by atoms with E-state index >= 15 is 4.21 Å². The molecular weight excluding hydrogens is 1350 g/mol. The Kier molecular flexibility index (Phi) is 29.2. The number of carbonyl (C=O) groups is 14. The van der Waals surface area contributed by atoms with Crippen LogP contribution in [0.3, 0.4) is 0 Å². The zero-order valence-electron chi connectivity index (χ0n) is 56.9. The normalized spacial score (nSPS) is 22.7. The number of likely N-dealkylation sites (N-methyl/N-ethyl adjacent to an activating group) is 2. The van der Waals surface area contributed by atoms with Crippen LogP contribution < -0.4 is 75.1 Å². The van der Waals surface area contributed by atoms with Gasteiger partial charge in [0.25, 0.3) is 0 Å². The Morgan fingerprint density at radius 1 is 0.782 bits per heavy atom. The number of H-pyrrole nitrogens is 1. The number of aromatic amines is 1. The van der Waals surface area contributed by atoms with Crippen LogP contribution in [0, 0.1) is 17.8 Å². The number of primary amides is 2. The molecule has 0 saturated carbocycles. The quantitative estimate of drug-likeness (QED) is 0.0419. The molecule has 1 fully saturated rings. The van der Waals surface area contributed by atoms with Gasteiger partial charge in [0.05, 0.1) is 66.4 Å². The van der Waals surface area contributed by atoms with Gasteiger partial charge in [0.15, 0.2) is 0 Å². The highest BCUT2D eigenvalue weighted by atomic mass is 32.2. The van der Waals surface area contributed by atoms with E-state index in [-0.39, 0.29) is 65.8 Å². The molecular formula is C63H91N17O20S. The number of nitrogens with one attached hydrogen (secondary N) is 11. The van der Waals surface area contributed by atoms with E-state index in [1.807, 2.05) is 0 Å². The summed E-state index contributed by atoms with van der Waals surface area (Å²) < 4.78 is 26.4. The molecule has 15 amide bonds. The van der Waals surface area contributed by atoms with Crippen molar-refractivity contribution in [2.24, 2.45) is 35.0 Å². The molecule has 1 saturated heterocycles. The third-order valence-corrected chi connectivity index (χ3v) is 18.8. The van der Waals surface area contributed by atoms with Crippen molar-refractivity contribution in [2.45, 2.75) is 145 Å². The van der Waals surface area contributed by atoms with Gasteiger partial charge in [-0.15, -0.1) is 0 Å². The van der Waals surface area contributed by atoms with Gasteiger partial charge in [-0.05, 0) is 60.1 Å². The van der Waals surface area contributed by atoms with Crippen LogP contribution >= 0.6 is 0 Å². The summed E-state index contributed by atoms with van der Waals surface area (Å²) in [6.07, 6.45) is -6.14. The Bertz CT molecular complexity index is 3600. The van der Waals surface area contributed by atoms with E-state index in [1.165, 1.54) is 44.1 Å². The molecule has 3 aliphatic heterocycles. The fraction of sp³-hybridized carbons (Fsp3) is 0.556. The van der Waals surface area contributed by atoms with Gasteiger partial charge >= 0.3 is 18.2 Å². The van der Waals surface area contributed by atoms with Crippen molar-refractivity contribution in [1.82, 2.24) is 67.5 Å². The first-order chi connectivity index (χ1) is 47.7. The second-order valence-corrected chi connectivity index (χ2v) is 26.8. The van der Waals surface area contributed by atoms with Crippen molar-refractivity contribution in [3.05, 3.63) is 53.6 Å². The summed E-state index contributed by atoms with van der Waals surface area (Å²) in [4.78, 5) is 197. The molecule has 38 heteroatoms. The van der Waals surface area contributed by atoms with E-state index in [2.05, 4.69) is 58.2 Å². The van der Waals surface area contributed by atoms with Gasteiger partial charge in [0.2, 0.25) is 65.0 Å². The summed E-state index contributed by atoms with van der Waals surface area (Å²) in [5.74, 6) is -14.1. The number of rotatable bonds is 22. The maximum absolute atomic E-state index is 15.2. The van der Waals surface area contributed by atoms with Crippen LogP contribution in [-0.4, -0.2) is 249 Å². The third-order valence-electron chi connectivity index (χ3n) is 17.3. The minimum atomic E-state index is -2.55. The smallest absolute Gasteiger partial charge is 0.415 e. The number of hydrogen-bond donors (Lipinski definition) is 17. The van der Waals surface area contributed by atoms with Crippen LogP contribution in [0.1, 0.15) is 77.8 Å². The molecule has 1 aromatic heterocycles. The minimum absolute atomic E-state index is 0.0301. The Labute approximate surface area is 582 Å². The lowest BCUT2D eigenvalue weighted by Crippen LogP contribution is -2.62. The average molecular weight is 1440 g/mol. The van der Waals surface area contributed by atoms with Crippen molar-refractivity contribution in [2.75, 3.05) is 71.0 Å². The van der Waals surface area contributed by atoms with Gasteiger partial charge in [0, 0.05) is 76.2 Å². The number of aliphatic hydroxyl groups excluding tert-OH is 3. The number of aromatic nitrogens is 1. The van der Waals surface area contributed by atoms with Crippen LogP contribution in [0.4, 0.5) is 20.1 Å². The molecule has 13 atom stereocenters. The number of hydrogen-bond acceptors (Lipinski definition) is 21. The SMILES string of the molecule is CC[C@H](C)[C@@H]1NC(=O)CNC(=O)[C@H]2Cc3c([nH]c4cc(OC(=O)N(C)CCN(C)C(=O)OCc5ccc(NC(=O)[C@H](CCCNC(N)=O)NC(=O)[C@@H](N)C(C)C)cc5)ccc34)S(=O)C[C@H](NC(=O)CNC1=O)C(=O)N[C@@H](CC(N)=O)C(=O)N1C[C@H](O)C[C@H]1C(=O)N[C@@H]([C@@H](C)[C@@H](O)CO)C(=O)N2. The average Bonchev–Trinajstić information content (AvgIpc) is 1.64. The Morgan fingerprint density at radius 2 is 1.44 bits per heavy atom. The van der Waals surface area contributed by atoms with Crippen LogP contribution in [-0.2, 0) is 81.3 Å². The molecule has 0 aliphatic carbocycles. The summed E-state index contributed by atoms with van der Waals surface area (Å²) >= 11 is 0. The number of carbonyl (C=O) groups excluding carboxylic acids is 14. The van der Waals surface area contributed by atoms with Crippen molar-refractivity contribution < 1.29 is 96.1 Å². The molecule has 4 heterocycles. The van der Waals surface area contributed by atoms with Crippen LogP contribution in [0.25, 0.3) is 10.9 Å².